The van der Waals surface area contributed by atoms with Gasteiger partial charge in [-0.2, -0.15) is 4.98 Å². The number of amides is 1. The fraction of sp³-hybridized carbons (Fsp3) is 0.357. The molecular weight excluding hydrogens is 318 g/mol. The van der Waals surface area contributed by atoms with Crippen LogP contribution in [0.5, 0.6) is 0 Å². The Labute approximate surface area is 135 Å². The number of hydrogen-bond acceptors (Lipinski definition) is 8. The van der Waals surface area contributed by atoms with Crippen molar-refractivity contribution < 1.29 is 13.7 Å². The lowest BCUT2D eigenvalue weighted by molar-refractivity contribution is -0.116. The van der Waals surface area contributed by atoms with Crippen LogP contribution in [0.15, 0.2) is 27.3 Å². The Morgan fingerprint density at radius 3 is 3.04 bits per heavy atom. The molecule has 0 bridgehead atoms. The number of hydrogen-bond donors (Lipinski definition) is 1. The molecule has 0 saturated carbocycles. The van der Waals surface area contributed by atoms with Gasteiger partial charge in [0.15, 0.2) is 5.76 Å². The first-order valence-electron chi connectivity index (χ1n) is 7.23. The Morgan fingerprint density at radius 2 is 2.26 bits per heavy atom. The summed E-state index contributed by atoms with van der Waals surface area (Å²) >= 11 is 1.39. The number of anilines is 1. The van der Waals surface area contributed by atoms with E-state index in [2.05, 4.69) is 32.6 Å². The molecule has 0 aliphatic heterocycles. The quantitative estimate of drug-likeness (QED) is 0.708. The van der Waals surface area contributed by atoms with Crippen LogP contribution in [0.25, 0.3) is 11.6 Å². The standard InChI is InChI=1S/C14H15N5O3S/c1-2-4-12-17-18-14(23-12)15-10(20)6-7-11-16-13(19-22-11)9-5-3-8-21-9/h3,5,8H,2,4,6-7H2,1H3,(H,15,18,20). The number of rotatable bonds is 7. The summed E-state index contributed by atoms with van der Waals surface area (Å²) in [5, 5.41) is 15.9. The first kappa shape index (κ1) is 15.3. The van der Waals surface area contributed by atoms with Gasteiger partial charge in [-0.05, 0) is 18.6 Å². The summed E-state index contributed by atoms with van der Waals surface area (Å²) in [5.41, 5.74) is 0. The molecule has 0 radical (unpaired) electrons. The van der Waals surface area contributed by atoms with Gasteiger partial charge in [0.25, 0.3) is 0 Å². The Hall–Kier alpha value is -2.55. The van der Waals surface area contributed by atoms with Gasteiger partial charge in [-0.3, -0.25) is 4.79 Å². The van der Waals surface area contributed by atoms with Crippen LogP contribution in [-0.2, 0) is 17.6 Å². The molecule has 3 heterocycles. The molecule has 3 aromatic rings. The monoisotopic (exact) mass is 333 g/mol. The van der Waals surface area contributed by atoms with Gasteiger partial charge in [0.2, 0.25) is 22.8 Å². The predicted octanol–water partition coefficient (Wildman–Crippen LogP) is 2.70. The number of nitrogens with zero attached hydrogens (tertiary/aromatic N) is 4. The summed E-state index contributed by atoms with van der Waals surface area (Å²) in [6, 6.07) is 3.48. The number of carbonyl (C=O) groups is 1. The molecule has 0 atom stereocenters. The summed E-state index contributed by atoms with van der Waals surface area (Å²) in [6.45, 7) is 2.07. The van der Waals surface area contributed by atoms with Gasteiger partial charge < -0.3 is 14.3 Å². The fourth-order valence-electron chi connectivity index (χ4n) is 1.88. The van der Waals surface area contributed by atoms with Gasteiger partial charge in [-0.1, -0.05) is 23.4 Å². The fourth-order valence-corrected chi connectivity index (χ4v) is 2.74. The number of furan rings is 1. The Morgan fingerprint density at radius 1 is 1.35 bits per heavy atom. The Bertz CT molecular complexity index is 765. The minimum Gasteiger partial charge on any atom is -0.461 e. The Balaban J connectivity index is 1.50. The summed E-state index contributed by atoms with van der Waals surface area (Å²) in [5.74, 6) is 1.12. The molecule has 0 fully saturated rings. The number of aryl methyl sites for hydroxylation is 2. The maximum absolute atomic E-state index is 11.9. The van der Waals surface area contributed by atoms with E-state index >= 15 is 0 Å². The lowest BCUT2D eigenvalue weighted by atomic mass is 10.3. The second-order valence-electron chi connectivity index (χ2n) is 4.79. The second kappa shape index (κ2) is 7.14. The van der Waals surface area contributed by atoms with Crippen LogP contribution in [0, 0.1) is 0 Å². The van der Waals surface area contributed by atoms with Crippen molar-refractivity contribution in [1.82, 2.24) is 20.3 Å². The van der Waals surface area contributed by atoms with Crippen molar-refractivity contribution in [3.05, 3.63) is 29.3 Å². The highest BCUT2D eigenvalue weighted by atomic mass is 32.1. The zero-order chi connectivity index (χ0) is 16.1. The molecule has 8 nitrogen and oxygen atoms in total. The zero-order valence-electron chi connectivity index (χ0n) is 12.5. The lowest BCUT2D eigenvalue weighted by Crippen LogP contribution is -2.12. The van der Waals surface area contributed by atoms with E-state index in [4.69, 9.17) is 8.94 Å². The maximum Gasteiger partial charge on any atom is 0.238 e. The lowest BCUT2D eigenvalue weighted by Gasteiger charge is -1.98. The SMILES string of the molecule is CCCc1nnc(NC(=O)CCc2nc(-c3ccco3)no2)s1. The number of aromatic nitrogens is 4. The van der Waals surface area contributed by atoms with E-state index in [-0.39, 0.29) is 12.3 Å². The molecule has 0 aromatic carbocycles. The molecule has 9 heteroatoms. The Kier molecular flexibility index (Phi) is 4.77. The molecule has 1 N–H and O–H groups in total. The van der Waals surface area contributed by atoms with E-state index in [1.807, 2.05) is 0 Å². The molecule has 0 saturated heterocycles. The molecule has 3 rings (SSSR count). The van der Waals surface area contributed by atoms with E-state index in [1.165, 1.54) is 17.6 Å². The minimum absolute atomic E-state index is 0.165. The van der Waals surface area contributed by atoms with Gasteiger partial charge >= 0.3 is 0 Å². The van der Waals surface area contributed by atoms with Crippen LogP contribution in [0.2, 0.25) is 0 Å². The predicted molar refractivity (Wildman–Crippen MR) is 82.9 cm³/mol. The second-order valence-corrected chi connectivity index (χ2v) is 5.85. The summed E-state index contributed by atoms with van der Waals surface area (Å²) < 4.78 is 10.3. The van der Waals surface area contributed by atoms with Crippen LogP contribution in [0.1, 0.15) is 30.7 Å². The molecule has 120 valence electrons. The third-order valence-electron chi connectivity index (χ3n) is 2.95. The summed E-state index contributed by atoms with van der Waals surface area (Å²) in [4.78, 5) is 16.1. The topological polar surface area (TPSA) is 107 Å². The molecule has 0 spiro atoms. The van der Waals surface area contributed by atoms with E-state index in [0.29, 0.717) is 29.0 Å². The van der Waals surface area contributed by atoms with Crippen molar-refractivity contribution in [3.63, 3.8) is 0 Å². The van der Waals surface area contributed by atoms with Gasteiger partial charge in [0.1, 0.15) is 5.01 Å². The molecule has 23 heavy (non-hydrogen) atoms. The molecule has 0 aliphatic rings. The van der Waals surface area contributed by atoms with Gasteiger partial charge in [-0.25, -0.2) is 0 Å². The molecular formula is C14H15N5O3S. The number of carbonyl (C=O) groups excluding carboxylic acids is 1. The zero-order valence-corrected chi connectivity index (χ0v) is 13.3. The maximum atomic E-state index is 11.9. The van der Waals surface area contributed by atoms with Crippen molar-refractivity contribution in [2.45, 2.75) is 32.6 Å². The smallest absolute Gasteiger partial charge is 0.238 e. The van der Waals surface area contributed by atoms with Crippen molar-refractivity contribution in [2.24, 2.45) is 0 Å². The largest absolute Gasteiger partial charge is 0.461 e. The van der Waals surface area contributed by atoms with E-state index in [1.54, 1.807) is 12.1 Å². The third-order valence-corrected chi connectivity index (χ3v) is 3.85. The van der Waals surface area contributed by atoms with Gasteiger partial charge in [0, 0.05) is 19.3 Å². The van der Waals surface area contributed by atoms with Crippen LogP contribution < -0.4 is 5.32 Å². The van der Waals surface area contributed by atoms with Crippen molar-refractivity contribution in [3.8, 4) is 11.6 Å². The van der Waals surface area contributed by atoms with Crippen molar-refractivity contribution >= 4 is 22.4 Å². The first-order chi connectivity index (χ1) is 11.2. The van der Waals surface area contributed by atoms with Crippen LogP contribution in [-0.4, -0.2) is 26.2 Å². The molecule has 0 aliphatic carbocycles. The van der Waals surface area contributed by atoms with Gasteiger partial charge in [0.05, 0.1) is 6.26 Å². The highest BCUT2D eigenvalue weighted by molar-refractivity contribution is 7.15. The van der Waals surface area contributed by atoms with E-state index in [9.17, 15) is 4.79 Å². The van der Waals surface area contributed by atoms with Crippen LogP contribution in [0.3, 0.4) is 0 Å². The van der Waals surface area contributed by atoms with Crippen LogP contribution >= 0.6 is 11.3 Å². The highest BCUT2D eigenvalue weighted by Crippen LogP contribution is 2.18. The van der Waals surface area contributed by atoms with Crippen molar-refractivity contribution in [1.29, 1.82) is 0 Å². The molecule has 3 aromatic heterocycles. The molecule has 0 unspecified atom stereocenters. The minimum atomic E-state index is -0.165. The van der Waals surface area contributed by atoms with E-state index in [0.717, 1.165) is 17.8 Å². The molecule has 1 amide bonds. The third kappa shape index (κ3) is 4.01. The van der Waals surface area contributed by atoms with Crippen LogP contribution in [0.4, 0.5) is 5.13 Å². The van der Waals surface area contributed by atoms with Crippen molar-refractivity contribution in [2.75, 3.05) is 5.32 Å². The normalized spacial score (nSPS) is 10.8. The first-order valence-corrected chi connectivity index (χ1v) is 8.05. The van der Waals surface area contributed by atoms with E-state index < -0.39 is 0 Å². The summed E-state index contributed by atoms with van der Waals surface area (Å²) in [7, 11) is 0. The van der Waals surface area contributed by atoms with Gasteiger partial charge in [-0.15, -0.1) is 10.2 Å². The summed E-state index contributed by atoms with van der Waals surface area (Å²) in [6.07, 6.45) is 3.97. The average Bonchev–Trinajstić information content (AvgIpc) is 3.27. The average molecular weight is 333 g/mol. The highest BCUT2D eigenvalue weighted by Gasteiger charge is 2.13. The number of nitrogens with one attached hydrogen (secondary N) is 1.